The van der Waals surface area contributed by atoms with Crippen molar-refractivity contribution in [2.24, 2.45) is 5.92 Å². The number of fused-ring (bicyclic) bond motifs is 2. The molecule has 0 spiro atoms. The van der Waals surface area contributed by atoms with Gasteiger partial charge < -0.3 is 0 Å². The molecule has 2 aliphatic rings. The van der Waals surface area contributed by atoms with Crippen molar-refractivity contribution in [1.82, 2.24) is 15.0 Å². The number of rotatable bonds is 7. The van der Waals surface area contributed by atoms with E-state index in [4.69, 9.17) is 15.0 Å². The van der Waals surface area contributed by atoms with Crippen LogP contribution < -0.4 is 0 Å². The monoisotopic (exact) mass is 677 g/mol. The Morgan fingerprint density at radius 1 is 0.396 bits per heavy atom. The number of nitrogens with zero attached hydrogens (tertiary/aromatic N) is 3. The molecule has 3 nitrogen and oxygen atoms in total. The van der Waals surface area contributed by atoms with Crippen LogP contribution in [0, 0.1) is 5.92 Å². The van der Waals surface area contributed by atoms with Crippen molar-refractivity contribution in [3.8, 4) is 45.3 Å². The maximum atomic E-state index is 4.97. The lowest BCUT2D eigenvalue weighted by atomic mass is 9.81. The summed E-state index contributed by atoms with van der Waals surface area (Å²) < 4.78 is 0. The quantitative estimate of drug-likeness (QED) is 0.169. The van der Waals surface area contributed by atoms with Crippen LogP contribution in [-0.4, -0.2) is 15.0 Å². The predicted octanol–water partition coefficient (Wildman–Crippen LogP) is 12.1. The second-order valence-corrected chi connectivity index (χ2v) is 14.1. The van der Waals surface area contributed by atoms with Crippen molar-refractivity contribution < 1.29 is 0 Å². The zero-order valence-electron chi connectivity index (χ0n) is 29.1. The minimum absolute atomic E-state index is 0.0491. The van der Waals surface area contributed by atoms with E-state index in [1.807, 2.05) is 60.7 Å². The summed E-state index contributed by atoms with van der Waals surface area (Å²) in [5.41, 5.74) is 12.0. The molecule has 3 heteroatoms. The summed E-state index contributed by atoms with van der Waals surface area (Å²) in [5.74, 6) is 2.48. The van der Waals surface area contributed by atoms with Crippen molar-refractivity contribution in [2.45, 2.75) is 11.8 Å². The van der Waals surface area contributed by atoms with E-state index in [0.29, 0.717) is 23.4 Å². The van der Waals surface area contributed by atoms with Gasteiger partial charge in [-0.05, 0) is 74.2 Å². The fourth-order valence-electron chi connectivity index (χ4n) is 8.00. The minimum Gasteiger partial charge on any atom is -0.208 e. The average molecular weight is 678 g/mol. The van der Waals surface area contributed by atoms with Gasteiger partial charge in [-0.1, -0.05) is 182 Å². The number of benzene rings is 7. The Kier molecular flexibility index (Phi) is 7.51. The molecular formula is C50H35N3. The molecule has 0 bridgehead atoms. The Morgan fingerprint density at radius 2 is 0.868 bits per heavy atom. The highest BCUT2D eigenvalue weighted by Gasteiger charge is 2.57. The molecule has 7 aromatic carbocycles. The van der Waals surface area contributed by atoms with Gasteiger partial charge in [-0.2, -0.15) is 0 Å². The van der Waals surface area contributed by atoms with Crippen LogP contribution in [0.2, 0.25) is 0 Å². The molecule has 0 aliphatic heterocycles. The highest BCUT2D eigenvalue weighted by Crippen LogP contribution is 2.64. The van der Waals surface area contributed by atoms with Crippen LogP contribution in [0.1, 0.15) is 23.1 Å². The van der Waals surface area contributed by atoms with E-state index in [2.05, 4.69) is 133 Å². The molecule has 0 amide bonds. The number of hydrogen-bond donors (Lipinski definition) is 0. The van der Waals surface area contributed by atoms with Crippen LogP contribution in [0.25, 0.3) is 67.2 Å². The maximum Gasteiger partial charge on any atom is 0.164 e. The average Bonchev–Trinajstić information content (AvgIpc) is 4.00. The molecule has 10 rings (SSSR count). The third-order valence-corrected chi connectivity index (χ3v) is 10.9. The summed E-state index contributed by atoms with van der Waals surface area (Å²) in [6, 6.07) is 64.4. The van der Waals surface area contributed by atoms with Gasteiger partial charge in [-0.3, -0.25) is 0 Å². The van der Waals surface area contributed by atoms with Crippen molar-refractivity contribution in [3.05, 3.63) is 211 Å². The third-order valence-electron chi connectivity index (χ3n) is 10.9. The Bertz CT molecular complexity index is 2610. The molecule has 1 saturated carbocycles. The van der Waals surface area contributed by atoms with Crippen LogP contribution in [0.4, 0.5) is 0 Å². The molecular weight excluding hydrogens is 643 g/mol. The van der Waals surface area contributed by atoms with E-state index in [-0.39, 0.29) is 5.41 Å². The minimum atomic E-state index is 0.0491. The molecule has 8 aromatic rings. The third kappa shape index (κ3) is 5.77. The van der Waals surface area contributed by atoms with Gasteiger partial charge in [0, 0.05) is 22.1 Å². The van der Waals surface area contributed by atoms with Gasteiger partial charge in [0.2, 0.25) is 0 Å². The molecule has 1 aromatic heterocycles. The summed E-state index contributed by atoms with van der Waals surface area (Å²) in [7, 11) is 0. The largest absolute Gasteiger partial charge is 0.208 e. The number of allylic oxidation sites excluding steroid dienone is 4. The van der Waals surface area contributed by atoms with Crippen molar-refractivity contribution in [2.75, 3.05) is 0 Å². The maximum absolute atomic E-state index is 4.97. The molecule has 1 fully saturated rings. The normalized spacial score (nSPS) is 17.5. The standard InChI is InChI=1S/C50H35N3/c1-5-13-37(14-6-1)45-31-43(32-50(33-46(45)50)44-19-11-4-12-20-44)36-23-21-34(22-24-36)40-27-25-35-26-28-41(30-42(35)29-40)49-52-47(38-15-7-2-8-16-38)51-48(53-49)39-17-9-3-10-18-39/h1-32,46H,33H2/t46-,50+/m1/s1. The van der Waals surface area contributed by atoms with Crippen LogP contribution >= 0.6 is 0 Å². The van der Waals surface area contributed by atoms with E-state index >= 15 is 0 Å². The Balaban J connectivity index is 1.00. The molecule has 0 unspecified atom stereocenters. The molecule has 2 atom stereocenters. The zero-order valence-corrected chi connectivity index (χ0v) is 29.1. The Hall–Kier alpha value is -6.71. The lowest BCUT2D eigenvalue weighted by molar-refractivity contribution is 0.831. The predicted molar refractivity (Wildman–Crippen MR) is 218 cm³/mol. The fraction of sp³-hybridized carbons (Fsp3) is 0.0600. The first-order valence-corrected chi connectivity index (χ1v) is 18.3. The van der Waals surface area contributed by atoms with Crippen LogP contribution in [-0.2, 0) is 5.41 Å². The Morgan fingerprint density at radius 3 is 1.47 bits per heavy atom. The fourth-order valence-corrected chi connectivity index (χ4v) is 8.00. The van der Waals surface area contributed by atoms with Crippen molar-refractivity contribution in [3.63, 3.8) is 0 Å². The zero-order chi connectivity index (χ0) is 35.2. The summed E-state index contributed by atoms with van der Waals surface area (Å²) in [6.45, 7) is 0. The van der Waals surface area contributed by atoms with Gasteiger partial charge in [0.15, 0.2) is 17.5 Å². The molecule has 250 valence electrons. The topological polar surface area (TPSA) is 38.7 Å². The highest BCUT2D eigenvalue weighted by atomic mass is 15.0. The van der Waals surface area contributed by atoms with Crippen molar-refractivity contribution in [1.29, 1.82) is 0 Å². The van der Waals surface area contributed by atoms with E-state index < -0.39 is 0 Å². The van der Waals surface area contributed by atoms with E-state index in [1.165, 1.54) is 44.3 Å². The number of hydrogen-bond acceptors (Lipinski definition) is 3. The summed E-state index contributed by atoms with van der Waals surface area (Å²) in [5, 5.41) is 2.31. The first kappa shape index (κ1) is 31.1. The summed E-state index contributed by atoms with van der Waals surface area (Å²) in [6.07, 6.45) is 6.10. The molecule has 53 heavy (non-hydrogen) atoms. The van der Waals surface area contributed by atoms with Crippen LogP contribution in [0.3, 0.4) is 0 Å². The number of aromatic nitrogens is 3. The summed E-state index contributed by atoms with van der Waals surface area (Å²) in [4.78, 5) is 14.8. The lowest BCUT2D eigenvalue weighted by Crippen LogP contribution is -2.12. The van der Waals surface area contributed by atoms with E-state index in [9.17, 15) is 0 Å². The van der Waals surface area contributed by atoms with E-state index in [0.717, 1.165) is 28.5 Å². The van der Waals surface area contributed by atoms with Crippen molar-refractivity contribution >= 4 is 21.9 Å². The van der Waals surface area contributed by atoms with Gasteiger partial charge >= 0.3 is 0 Å². The molecule has 2 aliphatic carbocycles. The first-order chi connectivity index (χ1) is 26.2. The summed E-state index contributed by atoms with van der Waals surface area (Å²) >= 11 is 0. The first-order valence-electron chi connectivity index (χ1n) is 18.3. The van der Waals surface area contributed by atoms with Gasteiger partial charge in [0.1, 0.15) is 0 Å². The molecule has 1 heterocycles. The van der Waals surface area contributed by atoms with Gasteiger partial charge in [0.05, 0.1) is 0 Å². The molecule has 0 radical (unpaired) electrons. The highest BCUT2D eigenvalue weighted by molar-refractivity contribution is 5.93. The second kappa shape index (κ2) is 12.8. The van der Waals surface area contributed by atoms with Crippen LogP contribution in [0.5, 0.6) is 0 Å². The van der Waals surface area contributed by atoms with Gasteiger partial charge in [0.25, 0.3) is 0 Å². The van der Waals surface area contributed by atoms with E-state index in [1.54, 1.807) is 0 Å². The molecule has 0 N–H and O–H groups in total. The van der Waals surface area contributed by atoms with Crippen LogP contribution in [0.15, 0.2) is 194 Å². The smallest absolute Gasteiger partial charge is 0.164 e. The van der Waals surface area contributed by atoms with Gasteiger partial charge in [-0.15, -0.1) is 0 Å². The molecule has 0 saturated heterocycles. The second-order valence-electron chi connectivity index (χ2n) is 14.1. The van der Waals surface area contributed by atoms with Gasteiger partial charge in [-0.25, -0.2) is 15.0 Å². The lowest BCUT2D eigenvalue weighted by Gasteiger charge is -2.23. The SMILES string of the molecule is C1=C(c2ccc(-c3ccc4ccc(-c5nc(-c6ccccc6)nc(-c6ccccc6)n5)cc4c3)cc2)C=C(c2ccccc2)[C@H]2C[C@]12c1ccccc1. The Labute approximate surface area is 309 Å².